The zero-order chi connectivity index (χ0) is 8.55. The Bertz CT molecular complexity index is 299. The Morgan fingerprint density at radius 3 is 3.08 bits per heavy atom. The molecule has 12 heavy (non-hydrogen) atoms. The molecule has 0 amide bonds. The number of para-hydroxylation sites is 1. The molecule has 1 aromatic carbocycles. The summed E-state index contributed by atoms with van der Waals surface area (Å²) in [5.41, 5.74) is 1.17. The Kier molecular flexibility index (Phi) is 2.07. The normalized spacial score (nSPS) is 20.3. The first kappa shape index (κ1) is 8.08. The molecule has 2 rings (SSSR count). The van der Waals surface area contributed by atoms with Gasteiger partial charge in [-0.15, -0.1) is 0 Å². The van der Waals surface area contributed by atoms with E-state index in [1.165, 1.54) is 5.56 Å². The van der Waals surface area contributed by atoms with Gasteiger partial charge < -0.3 is 9.84 Å². The third-order valence-electron chi connectivity index (χ3n) is 1.98. The molecule has 0 fully saturated rings. The quantitative estimate of drug-likeness (QED) is 0.794. The van der Waals surface area contributed by atoms with Gasteiger partial charge in [0, 0.05) is 6.42 Å². The molecule has 1 unspecified atom stereocenters. The van der Waals surface area contributed by atoms with Crippen LogP contribution in [0.2, 0.25) is 0 Å². The van der Waals surface area contributed by atoms with Gasteiger partial charge in [-0.25, -0.2) is 0 Å². The van der Waals surface area contributed by atoms with Gasteiger partial charge in [0.1, 0.15) is 11.9 Å². The van der Waals surface area contributed by atoms with Crippen LogP contribution in [0.3, 0.4) is 0 Å². The number of rotatable bonds is 1. The molecule has 0 spiro atoms. The molecule has 1 aliphatic rings. The first-order valence-corrected chi connectivity index (χ1v) is 4.65. The molecule has 0 saturated carbocycles. The van der Waals surface area contributed by atoms with E-state index in [2.05, 4.69) is 15.9 Å². The second kappa shape index (κ2) is 3.07. The minimum absolute atomic E-state index is 0.0568. The van der Waals surface area contributed by atoms with Crippen LogP contribution in [-0.4, -0.2) is 17.8 Å². The summed E-state index contributed by atoms with van der Waals surface area (Å²) in [7, 11) is 0. The Balaban J connectivity index is 2.35. The molecule has 0 bridgehead atoms. The van der Waals surface area contributed by atoms with Crippen molar-refractivity contribution < 1.29 is 9.84 Å². The van der Waals surface area contributed by atoms with Crippen molar-refractivity contribution in [2.24, 2.45) is 0 Å². The standard InChI is InChI=1S/C9H9BrO2/c10-8-3-1-2-6-4-7(5-11)12-9(6)8/h1-3,7,11H,4-5H2. The average molecular weight is 229 g/mol. The topological polar surface area (TPSA) is 29.5 Å². The molecule has 64 valence electrons. The minimum Gasteiger partial charge on any atom is -0.486 e. The van der Waals surface area contributed by atoms with Crippen LogP contribution < -0.4 is 4.74 Å². The second-order valence-corrected chi connectivity index (χ2v) is 3.71. The van der Waals surface area contributed by atoms with Crippen LogP contribution in [0.4, 0.5) is 0 Å². The molecule has 1 heterocycles. The van der Waals surface area contributed by atoms with Crippen molar-refractivity contribution in [1.29, 1.82) is 0 Å². The highest BCUT2D eigenvalue weighted by Gasteiger charge is 2.23. The third kappa shape index (κ3) is 1.23. The van der Waals surface area contributed by atoms with Crippen molar-refractivity contribution in [2.75, 3.05) is 6.61 Å². The predicted molar refractivity (Wildman–Crippen MR) is 49.3 cm³/mol. The molecule has 1 aliphatic heterocycles. The van der Waals surface area contributed by atoms with Crippen LogP contribution in [0.1, 0.15) is 5.56 Å². The van der Waals surface area contributed by atoms with Crippen molar-refractivity contribution >= 4 is 15.9 Å². The summed E-state index contributed by atoms with van der Waals surface area (Å²) in [5.74, 6) is 0.886. The number of ether oxygens (including phenoxy) is 1. The number of aliphatic hydroxyl groups excluding tert-OH is 1. The summed E-state index contributed by atoms with van der Waals surface area (Å²) in [5, 5.41) is 8.89. The van der Waals surface area contributed by atoms with Crippen molar-refractivity contribution in [2.45, 2.75) is 12.5 Å². The Morgan fingerprint density at radius 2 is 2.42 bits per heavy atom. The van der Waals surface area contributed by atoms with Gasteiger partial charge in [-0.2, -0.15) is 0 Å². The van der Waals surface area contributed by atoms with Crippen LogP contribution >= 0.6 is 15.9 Å². The Morgan fingerprint density at radius 1 is 1.58 bits per heavy atom. The molecule has 0 radical (unpaired) electrons. The fourth-order valence-electron chi connectivity index (χ4n) is 1.40. The van der Waals surface area contributed by atoms with E-state index in [0.29, 0.717) is 0 Å². The highest BCUT2D eigenvalue weighted by atomic mass is 79.9. The van der Waals surface area contributed by atoms with E-state index in [0.717, 1.165) is 16.6 Å². The molecule has 1 N–H and O–H groups in total. The zero-order valence-electron chi connectivity index (χ0n) is 6.46. The SMILES string of the molecule is OCC1Cc2cccc(Br)c2O1. The van der Waals surface area contributed by atoms with Crippen LogP contribution in [0.25, 0.3) is 0 Å². The monoisotopic (exact) mass is 228 g/mol. The summed E-state index contributed by atoms with van der Waals surface area (Å²) < 4.78 is 6.46. The van der Waals surface area contributed by atoms with Gasteiger partial charge in [0.25, 0.3) is 0 Å². The van der Waals surface area contributed by atoms with E-state index in [9.17, 15) is 0 Å². The fourth-order valence-corrected chi connectivity index (χ4v) is 1.90. The third-order valence-corrected chi connectivity index (χ3v) is 2.61. The maximum absolute atomic E-state index is 8.89. The van der Waals surface area contributed by atoms with E-state index in [4.69, 9.17) is 9.84 Å². The lowest BCUT2D eigenvalue weighted by atomic mass is 10.1. The van der Waals surface area contributed by atoms with E-state index >= 15 is 0 Å². The zero-order valence-corrected chi connectivity index (χ0v) is 8.04. The van der Waals surface area contributed by atoms with Crippen molar-refractivity contribution in [3.8, 4) is 5.75 Å². The maximum atomic E-state index is 8.89. The van der Waals surface area contributed by atoms with E-state index < -0.39 is 0 Å². The highest BCUT2D eigenvalue weighted by Crippen LogP contribution is 2.35. The first-order chi connectivity index (χ1) is 5.81. The number of halogens is 1. The van der Waals surface area contributed by atoms with Gasteiger partial charge in [0.2, 0.25) is 0 Å². The van der Waals surface area contributed by atoms with E-state index in [-0.39, 0.29) is 12.7 Å². The molecule has 1 atom stereocenters. The number of aliphatic hydroxyl groups is 1. The summed E-state index contributed by atoms with van der Waals surface area (Å²) in [4.78, 5) is 0. The number of fused-ring (bicyclic) bond motifs is 1. The maximum Gasteiger partial charge on any atom is 0.137 e. The van der Waals surface area contributed by atoms with E-state index in [1.54, 1.807) is 0 Å². The summed E-state index contributed by atoms with van der Waals surface area (Å²) in [6.07, 6.45) is 0.754. The predicted octanol–water partition coefficient (Wildman–Crippen LogP) is 1.74. The molecule has 1 aromatic rings. The number of hydrogen-bond acceptors (Lipinski definition) is 2. The molecular formula is C9H9BrO2. The van der Waals surface area contributed by atoms with Crippen molar-refractivity contribution in [3.05, 3.63) is 28.2 Å². The molecule has 0 aromatic heterocycles. The number of benzene rings is 1. The molecule has 3 heteroatoms. The minimum atomic E-state index is -0.0568. The van der Waals surface area contributed by atoms with Crippen molar-refractivity contribution in [3.63, 3.8) is 0 Å². The van der Waals surface area contributed by atoms with Gasteiger partial charge in [-0.3, -0.25) is 0 Å². The highest BCUT2D eigenvalue weighted by molar-refractivity contribution is 9.10. The Hall–Kier alpha value is -0.540. The lowest BCUT2D eigenvalue weighted by Gasteiger charge is -2.06. The molecule has 0 saturated heterocycles. The Labute approximate surface area is 79.3 Å². The largest absolute Gasteiger partial charge is 0.486 e. The lowest BCUT2D eigenvalue weighted by Crippen LogP contribution is -2.17. The second-order valence-electron chi connectivity index (χ2n) is 2.85. The van der Waals surface area contributed by atoms with Gasteiger partial charge in [0.05, 0.1) is 11.1 Å². The van der Waals surface area contributed by atoms with E-state index in [1.807, 2.05) is 18.2 Å². The summed E-state index contributed by atoms with van der Waals surface area (Å²) in [6.45, 7) is 0.0844. The molecule has 2 nitrogen and oxygen atoms in total. The molecule has 0 aliphatic carbocycles. The smallest absolute Gasteiger partial charge is 0.137 e. The van der Waals surface area contributed by atoms with Crippen LogP contribution in [-0.2, 0) is 6.42 Å². The van der Waals surface area contributed by atoms with Crippen molar-refractivity contribution in [1.82, 2.24) is 0 Å². The van der Waals surface area contributed by atoms with Gasteiger partial charge in [0.15, 0.2) is 0 Å². The first-order valence-electron chi connectivity index (χ1n) is 3.86. The van der Waals surface area contributed by atoms with Gasteiger partial charge in [-0.05, 0) is 27.6 Å². The fraction of sp³-hybridized carbons (Fsp3) is 0.333. The molecular weight excluding hydrogens is 220 g/mol. The average Bonchev–Trinajstić information content (AvgIpc) is 2.49. The van der Waals surface area contributed by atoms with Gasteiger partial charge in [-0.1, -0.05) is 12.1 Å². The van der Waals surface area contributed by atoms with Crippen LogP contribution in [0, 0.1) is 0 Å². The van der Waals surface area contributed by atoms with Gasteiger partial charge >= 0.3 is 0 Å². The summed E-state index contributed by atoms with van der Waals surface area (Å²) >= 11 is 3.40. The van der Waals surface area contributed by atoms with Crippen LogP contribution in [0.15, 0.2) is 22.7 Å². The van der Waals surface area contributed by atoms with Crippen LogP contribution in [0.5, 0.6) is 5.75 Å². The number of hydrogen-bond donors (Lipinski definition) is 1. The lowest BCUT2D eigenvalue weighted by molar-refractivity contribution is 0.134. The summed E-state index contributed by atoms with van der Waals surface area (Å²) in [6, 6.07) is 5.94.